The first-order valence-corrected chi connectivity index (χ1v) is 10.3. The molecule has 30 heavy (non-hydrogen) atoms. The molecule has 160 valence electrons. The van der Waals surface area contributed by atoms with Crippen LogP contribution >= 0.6 is 24.0 Å². The fraction of sp³-hybridized carbons (Fsp3) is 0.391. The highest BCUT2D eigenvalue weighted by molar-refractivity contribution is 14.0. The molecule has 4 rings (SSSR count). The molecular formula is C23H30IN5O. The molecule has 3 aromatic rings. The van der Waals surface area contributed by atoms with Crippen LogP contribution in [0.15, 0.2) is 65.9 Å². The van der Waals surface area contributed by atoms with Gasteiger partial charge >= 0.3 is 0 Å². The highest BCUT2D eigenvalue weighted by Crippen LogP contribution is 2.17. The van der Waals surface area contributed by atoms with Crippen LogP contribution in [0.5, 0.6) is 0 Å². The molecular weight excluding hydrogens is 489 g/mol. The van der Waals surface area contributed by atoms with Crippen LogP contribution in [-0.2, 0) is 17.8 Å². The number of guanidine groups is 1. The fourth-order valence-electron chi connectivity index (χ4n) is 3.82. The molecule has 1 fully saturated rings. The average molecular weight is 519 g/mol. The van der Waals surface area contributed by atoms with Crippen LogP contribution in [0.25, 0.3) is 5.65 Å². The number of pyridine rings is 1. The number of rotatable bonds is 7. The minimum atomic E-state index is 0. The van der Waals surface area contributed by atoms with E-state index < -0.39 is 0 Å². The summed E-state index contributed by atoms with van der Waals surface area (Å²) >= 11 is 0. The molecule has 0 bridgehead atoms. The molecule has 1 atom stereocenters. The first-order chi connectivity index (χ1) is 14.3. The predicted molar refractivity (Wildman–Crippen MR) is 131 cm³/mol. The van der Waals surface area contributed by atoms with Crippen molar-refractivity contribution in [2.75, 3.05) is 33.3 Å². The second-order valence-corrected chi connectivity index (χ2v) is 7.52. The molecule has 0 radical (unpaired) electrons. The van der Waals surface area contributed by atoms with Gasteiger partial charge < -0.3 is 19.4 Å². The number of nitrogens with one attached hydrogen (secondary N) is 1. The summed E-state index contributed by atoms with van der Waals surface area (Å²) in [7, 11) is 1.85. The number of ether oxygens (including phenoxy) is 1. The number of fused-ring (bicyclic) bond motifs is 1. The quantitative estimate of drug-likeness (QED) is 0.295. The summed E-state index contributed by atoms with van der Waals surface area (Å²) in [6.45, 7) is 4.31. The van der Waals surface area contributed by atoms with E-state index in [9.17, 15) is 0 Å². The van der Waals surface area contributed by atoms with Crippen molar-refractivity contribution in [3.8, 4) is 0 Å². The summed E-state index contributed by atoms with van der Waals surface area (Å²) in [6, 6.07) is 16.4. The van der Waals surface area contributed by atoms with Crippen LogP contribution < -0.4 is 5.32 Å². The molecule has 0 spiro atoms. The average Bonchev–Trinajstić information content (AvgIpc) is 3.39. The van der Waals surface area contributed by atoms with Crippen LogP contribution in [0.3, 0.4) is 0 Å². The van der Waals surface area contributed by atoms with Gasteiger partial charge in [-0.3, -0.25) is 4.99 Å². The normalized spacial score (nSPS) is 16.6. The van der Waals surface area contributed by atoms with Crippen molar-refractivity contribution < 1.29 is 4.74 Å². The van der Waals surface area contributed by atoms with E-state index in [-0.39, 0.29) is 24.0 Å². The van der Waals surface area contributed by atoms with Gasteiger partial charge in [0.05, 0.1) is 18.9 Å². The molecule has 1 aromatic carbocycles. The highest BCUT2D eigenvalue weighted by atomic mass is 127. The van der Waals surface area contributed by atoms with Gasteiger partial charge in [-0.15, -0.1) is 24.0 Å². The first-order valence-electron chi connectivity index (χ1n) is 10.3. The van der Waals surface area contributed by atoms with Gasteiger partial charge in [-0.25, -0.2) is 4.98 Å². The second-order valence-electron chi connectivity index (χ2n) is 7.52. The lowest BCUT2D eigenvalue weighted by Gasteiger charge is -2.21. The third kappa shape index (κ3) is 5.95. The fourth-order valence-corrected chi connectivity index (χ4v) is 3.82. The Hall–Kier alpha value is -2.13. The maximum absolute atomic E-state index is 5.94. The Morgan fingerprint density at radius 2 is 2.03 bits per heavy atom. The van der Waals surface area contributed by atoms with Crippen LogP contribution in [0.4, 0.5) is 0 Å². The molecule has 0 aliphatic carbocycles. The second kappa shape index (κ2) is 11.3. The number of likely N-dealkylation sites (tertiary alicyclic amines) is 1. The zero-order valence-corrected chi connectivity index (χ0v) is 19.7. The van der Waals surface area contributed by atoms with Crippen molar-refractivity contribution in [1.82, 2.24) is 19.6 Å². The topological polar surface area (TPSA) is 54.2 Å². The lowest BCUT2D eigenvalue weighted by molar-refractivity contribution is 0.0907. The van der Waals surface area contributed by atoms with E-state index in [1.165, 1.54) is 5.56 Å². The predicted octanol–water partition coefficient (Wildman–Crippen LogP) is 3.61. The Balaban J connectivity index is 0.00000256. The van der Waals surface area contributed by atoms with E-state index in [0.29, 0.717) is 12.5 Å². The van der Waals surface area contributed by atoms with E-state index >= 15 is 0 Å². The molecule has 7 heteroatoms. The molecule has 3 heterocycles. The Labute approximate surface area is 195 Å². The lowest BCUT2D eigenvalue weighted by Crippen LogP contribution is -2.41. The summed E-state index contributed by atoms with van der Waals surface area (Å²) < 4.78 is 8.00. The zero-order valence-electron chi connectivity index (χ0n) is 17.4. The number of benzene rings is 1. The molecule has 2 aromatic heterocycles. The van der Waals surface area contributed by atoms with Gasteiger partial charge in [0.25, 0.3) is 0 Å². The third-order valence-corrected chi connectivity index (χ3v) is 5.34. The largest absolute Gasteiger partial charge is 0.376 e. The van der Waals surface area contributed by atoms with E-state index in [4.69, 9.17) is 4.74 Å². The zero-order chi connectivity index (χ0) is 19.9. The van der Waals surface area contributed by atoms with Crippen molar-refractivity contribution in [2.45, 2.75) is 19.4 Å². The molecule has 1 N–H and O–H groups in total. The van der Waals surface area contributed by atoms with Crippen LogP contribution in [0.2, 0.25) is 0 Å². The van der Waals surface area contributed by atoms with Crippen molar-refractivity contribution in [3.63, 3.8) is 0 Å². The van der Waals surface area contributed by atoms with E-state index in [0.717, 1.165) is 56.4 Å². The monoisotopic (exact) mass is 519 g/mol. The molecule has 1 unspecified atom stereocenters. The van der Waals surface area contributed by atoms with Gasteiger partial charge in [0.2, 0.25) is 0 Å². The first kappa shape index (κ1) is 22.6. The molecule has 1 saturated heterocycles. The summed E-state index contributed by atoms with van der Waals surface area (Å²) in [4.78, 5) is 11.5. The van der Waals surface area contributed by atoms with Crippen molar-refractivity contribution in [1.29, 1.82) is 0 Å². The smallest absolute Gasteiger partial charge is 0.193 e. The summed E-state index contributed by atoms with van der Waals surface area (Å²) in [5, 5.41) is 3.49. The number of aliphatic imine (C=N–C) groups is 1. The summed E-state index contributed by atoms with van der Waals surface area (Å²) in [5.41, 5.74) is 3.31. The molecule has 0 amide bonds. The van der Waals surface area contributed by atoms with Gasteiger partial charge in [-0.2, -0.15) is 0 Å². The molecule has 0 saturated carbocycles. The van der Waals surface area contributed by atoms with Gasteiger partial charge in [0, 0.05) is 51.4 Å². The van der Waals surface area contributed by atoms with Gasteiger partial charge in [0.1, 0.15) is 5.65 Å². The highest BCUT2D eigenvalue weighted by Gasteiger charge is 2.24. The molecule has 1 aliphatic heterocycles. The standard InChI is InChI=1S/C23H29N5O.HI/c1-24-23(25-12-10-21-16-27-13-6-5-9-22(27)26-21)28-14-11-20(15-28)18-29-17-19-7-3-2-4-8-19;/h2-9,13,16,20H,10-12,14-15,17-18H2,1H3,(H,24,25);1H. The number of nitrogens with zero attached hydrogens (tertiary/aromatic N) is 4. The van der Waals surface area contributed by atoms with Crippen molar-refractivity contribution >= 4 is 35.6 Å². The van der Waals surface area contributed by atoms with Gasteiger partial charge in [0.15, 0.2) is 5.96 Å². The van der Waals surface area contributed by atoms with Crippen molar-refractivity contribution in [3.05, 3.63) is 72.2 Å². The number of hydrogen-bond donors (Lipinski definition) is 1. The Bertz CT molecular complexity index is 910. The Morgan fingerprint density at radius 3 is 2.83 bits per heavy atom. The summed E-state index contributed by atoms with van der Waals surface area (Å²) in [5.74, 6) is 1.52. The Morgan fingerprint density at radius 1 is 1.20 bits per heavy atom. The lowest BCUT2D eigenvalue weighted by atomic mass is 10.1. The summed E-state index contributed by atoms with van der Waals surface area (Å²) in [6.07, 6.45) is 6.14. The number of aromatic nitrogens is 2. The maximum Gasteiger partial charge on any atom is 0.193 e. The van der Waals surface area contributed by atoms with E-state index in [1.807, 2.05) is 37.5 Å². The van der Waals surface area contributed by atoms with Crippen LogP contribution in [0.1, 0.15) is 17.7 Å². The number of halogens is 1. The Kier molecular flexibility index (Phi) is 8.50. The minimum absolute atomic E-state index is 0. The molecule has 6 nitrogen and oxygen atoms in total. The third-order valence-electron chi connectivity index (χ3n) is 5.34. The minimum Gasteiger partial charge on any atom is -0.376 e. The number of imidazole rings is 1. The van der Waals surface area contributed by atoms with Gasteiger partial charge in [-0.1, -0.05) is 36.4 Å². The maximum atomic E-state index is 5.94. The van der Waals surface area contributed by atoms with Crippen LogP contribution in [0, 0.1) is 5.92 Å². The van der Waals surface area contributed by atoms with Crippen molar-refractivity contribution in [2.24, 2.45) is 10.9 Å². The van der Waals surface area contributed by atoms with Gasteiger partial charge in [-0.05, 0) is 24.1 Å². The van der Waals surface area contributed by atoms with E-state index in [1.54, 1.807) is 0 Å². The van der Waals surface area contributed by atoms with Crippen LogP contribution in [-0.4, -0.2) is 53.5 Å². The molecule has 1 aliphatic rings. The van der Waals surface area contributed by atoms with E-state index in [2.05, 4.69) is 55.1 Å². The SMILES string of the molecule is CN=C(NCCc1cn2ccccc2n1)N1CCC(COCc2ccccc2)C1.I. The number of hydrogen-bond acceptors (Lipinski definition) is 3.